The van der Waals surface area contributed by atoms with E-state index < -0.39 is 0 Å². The lowest BCUT2D eigenvalue weighted by Gasteiger charge is -2.11. The summed E-state index contributed by atoms with van der Waals surface area (Å²) in [7, 11) is 0. The van der Waals surface area contributed by atoms with Gasteiger partial charge in [-0.05, 0) is 37.7 Å². The fraction of sp³-hybridized carbons (Fsp3) is 0.235. The van der Waals surface area contributed by atoms with Crippen molar-refractivity contribution in [3.8, 4) is 0 Å². The fourth-order valence-corrected chi connectivity index (χ4v) is 3.19. The number of hydrogen-bond acceptors (Lipinski definition) is 3. The first-order chi connectivity index (χ1) is 10.3. The van der Waals surface area contributed by atoms with Crippen LogP contribution in [0.1, 0.15) is 25.6 Å². The zero-order chi connectivity index (χ0) is 14.7. The average molecular weight is 297 g/mol. The topological polar surface area (TPSA) is 40.7 Å². The van der Waals surface area contributed by atoms with Gasteiger partial charge in [0, 0.05) is 28.0 Å². The molecule has 0 aliphatic heterocycles. The number of aromatic amines is 1. The Labute approximate surface area is 129 Å². The maximum Gasteiger partial charge on any atom is 0.0781 e. The Kier molecular flexibility index (Phi) is 4.27. The third-order valence-electron chi connectivity index (χ3n) is 3.45. The predicted molar refractivity (Wildman–Crippen MR) is 88.8 cm³/mol. The number of benzene rings is 1. The Morgan fingerprint density at radius 2 is 2.10 bits per heavy atom. The molecule has 2 heterocycles. The smallest absolute Gasteiger partial charge is 0.0781 e. The van der Waals surface area contributed by atoms with Gasteiger partial charge in [-0.25, -0.2) is 0 Å². The van der Waals surface area contributed by atoms with E-state index in [2.05, 4.69) is 65.5 Å². The van der Waals surface area contributed by atoms with Crippen LogP contribution >= 0.6 is 11.8 Å². The zero-order valence-electron chi connectivity index (χ0n) is 12.3. The SMILES string of the molecule is CCNC(C)c1ccc(Sc2cc3ccccc3[nH]2)cn1. The number of H-pyrrole nitrogens is 1. The van der Waals surface area contributed by atoms with Gasteiger partial charge in [0.1, 0.15) is 0 Å². The second kappa shape index (κ2) is 6.33. The summed E-state index contributed by atoms with van der Waals surface area (Å²) in [5.41, 5.74) is 2.25. The Morgan fingerprint density at radius 1 is 1.24 bits per heavy atom. The van der Waals surface area contributed by atoms with Gasteiger partial charge in [0.05, 0.1) is 10.7 Å². The van der Waals surface area contributed by atoms with E-state index in [1.54, 1.807) is 11.8 Å². The maximum absolute atomic E-state index is 4.55. The summed E-state index contributed by atoms with van der Waals surface area (Å²) in [6.45, 7) is 5.20. The number of rotatable bonds is 5. The molecule has 0 spiro atoms. The molecule has 3 nitrogen and oxygen atoms in total. The maximum atomic E-state index is 4.55. The molecule has 3 aromatic rings. The van der Waals surface area contributed by atoms with Gasteiger partial charge < -0.3 is 10.3 Å². The molecule has 0 saturated carbocycles. The van der Waals surface area contributed by atoms with Crippen molar-refractivity contribution in [2.24, 2.45) is 0 Å². The molecule has 4 heteroatoms. The number of nitrogens with zero attached hydrogens (tertiary/aromatic N) is 1. The predicted octanol–water partition coefficient (Wildman–Crippen LogP) is 4.38. The lowest BCUT2D eigenvalue weighted by molar-refractivity contribution is 0.582. The molecule has 0 aliphatic carbocycles. The molecule has 1 unspecified atom stereocenters. The van der Waals surface area contributed by atoms with Crippen molar-refractivity contribution in [3.05, 3.63) is 54.4 Å². The van der Waals surface area contributed by atoms with Crippen molar-refractivity contribution in [1.82, 2.24) is 15.3 Å². The molecule has 0 fully saturated rings. The van der Waals surface area contributed by atoms with Crippen molar-refractivity contribution in [2.75, 3.05) is 6.54 Å². The molecule has 0 radical (unpaired) electrons. The summed E-state index contributed by atoms with van der Waals surface area (Å²) in [4.78, 5) is 9.12. The van der Waals surface area contributed by atoms with Crippen LogP contribution in [-0.2, 0) is 0 Å². The number of nitrogens with one attached hydrogen (secondary N) is 2. The zero-order valence-corrected chi connectivity index (χ0v) is 13.1. The van der Waals surface area contributed by atoms with Crippen LogP contribution in [0.4, 0.5) is 0 Å². The monoisotopic (exact) mass is 297 g/mol. The minimum Gasteiger partial charge on any atom is -0.349 e. The highest BCUT2D eigenvalue weighted by atomic mass is 32.2. The molecule has 108 valence electrons. The van der Waals surface area contributed by atoms with E-state index in [0.29, 0.717) is 6.04 Å². The second-order valence-electron chi connectivity index (χ2n) is 5.02. The summed E-state index contributed by atoms with van der Waals surface area (Å²) in [6, 6.07) is 15.0. The molecule has 3 rings (SSSR count). The van der Waals surface area contributed by atoms with Crippen LogP contribution in [0.3, 0.4) is 0 Å². The van der Waals surface area contributed by atoms with Gasteiger partial charge in [0.15, 0.2) is 0 Å². The number of fused-ring (bicyclic) bond motifs is 1. The highest BCUT2D eigenvalue weighted by molar-refractivity contribution is 7.99. The number of hydrogen-bond donors (Lipinski definition) is 2. The highest BCUT2D eigenvalue weighted by Gasteiger charge is 2.06. The van der Waals surface area contributed by atoms with Gasteiger partial charge in [-0.2, -0.15) is 0 Å². The Bertz CT molecular complexity index is 685. The number of pyridine rings is 1. The van der Waals surface area contributed by atoms with Crippen LogP contribution in [0.15, 0.2) is 58.6 Å². The van der Waals surface area contributed by atoms with Gasteiger partial charge in [-0.15, -0.1) is 0 Å². The molecule has 1 aromatic carbocycles. The Hall–Kier alpha value is -1.78. The minimum atomic E-state index is 0.294. The van der Waals surface area contributed by atoms with Crippen molar-refractivity contribution < 1.29 is 0 Å². The van der Waals surface area contributed by atoms with Crippen LogP contribution in [0, 0.1) is 0 Å². The van der Waals surface area contributed by atoms with E-state index in [1.165, 1.54) is 10.9 Å². The quantitative estimate of drug-likeness (QED) is 0.734. The van der Waals surface area contributed by atoms with E-state index >= 15 is 0 Å². The number of para-hydroxylation sites is 1. The summed E-state index contributed by atoms with van der Waals surface area (Å²) in [5.74, 6) is 0. The van der Waals surface area contributed by atoms with Gasteiger partial charge in [0.2, 0.25) is 0 Å². The molecule has 1 atom stereocenters. The molecule has 0 amide bonds. The molecule has 0 aliphatic rings. The lowest BCUT2D eigenvalue weighted by Crippen LogP contribution is -2.18. The summed E-state index contributed by atoms with van der Waals surface area (Å²) < 4.78 is 0. The molecule has 2 N–H and O–H groups in total. The molecular formula is C17H19N3S. The molecule has 0 saturated heterocycles. The van der Waals surface area contributed by atoms with Crippen LogP contribution in [-0.4, -0.2) is 16.5 Å². The largest absolute Gasteiger partial charge is 0.349 e. The van der Waals surface area contributed by atoms with Crippen molar-refractivity contribution in [1.29, 1.82) is 0 Å². The molecule has 2 aromatic heterocycles. The van der Waals surface area contributed by atoms with Gasteiger partial charge in [-0.1, -0.05) is 36.9 Å². The van der Waals surface area contributed by atoms with Gasteiger partial charge >= 0.3 is 0 Å². The van der Waals surface area contributed by atoms with Crippen molar-refractivity contribution in [3.63, 3.8) is 0 Å². The first-order valence-electron chi connectivity index (χ1n) is 7.21. The van der Waals surface area contributed by atoms with Gasteiger partial charge in [-0.3, -0.25) is 4.98 Å². The third-order valence-corrected chi connectivity index (χ3v) is 4.36. The van der Waals surface area contributed by atoms with E-state index in [0.717, 1.165) is 22.2 Å². The molecular weight excluding hydrogens is 278 g/mol. The summed E-state index contributed by atoms with van der Waals surface area (Å²) in [6.07, 6.45) is 1.94. The average Bonchev–Trinajstić information content (AvgIpc) is 2.90. The molecule has 21 heavy (non-hydrogen) atoms. The lowest BCUT2D eigenvalue weighted by atomic mass is 10.2. The normalized spacial score (nSPS) is 12.7. The van der Waals surface area contributed by atoms with Crippen LogP contribution in [0.5, 0.6) is 0 Å². The van der Waals surface area contributed by atoms with Crippen LogP contribution in [0.25, 0.3) is 10.9 Å². The third kappa shape index (κ3) is 3.28. The van der Waals surface area contributed by atoms with Crippen LogP contribution in [0.2, 0.25) is 0 Å². The van der Waals surface area contributed by atoms with E-state index in [4.69, 9.17) is 0 Å². The number of aromatic nitrogens is 2. The van der Waals surface area contributed by atoms with Crippen molar-refractivity contribution >= 4 is 22.7 Å². The van der Waals surface area contributed by atoms with E-state index in [1.807, 2.05) is 12.3 Å². The Morgan fingerprint density at radius 3 is 2.81 bits per heavy atom. The minimum absolute atomic E-state index is 0.294. The standard InChI is InChI=1S/C17H19N3S/c1-3-18-12(2)15-9-8-14(11-19-15)21-17-10-13-6-4-5-7-16(13)20-17/h4-12,18,20H,3H2,1-2H3. The summed E-state index contributed by atoms with van der Waals surface area (Å²) >= 11 is 1.71. The second-order valence-corrected chi connectivity index (χ2v) is 6.14. The van der Waals surface area contributed by atoms with Crippen LogP contribution < -0.4 is 5.32 Å². The Balaban J connectivity index is 1.75. The van der Waals surface area contributed by atoms with E-state index in [9.17, 15) is 0 Å². The van der Waals surface area contributed by atoms with Crippen molar-refractivity contribution in [2.45, 2.75) is 29.8 Å². The fourth-order valence-electron chi connectivity index (χ4n) is 2.35. The summed E-state index contributed by atoms with van der Waals surface area (Å²) in [5, 5.41) is 5.76. The first kappa shape index (κ1) is 14.2. The molecule has 0 bridgehead atoms. The first-order valence-corrected chi connectivity index (χ1v) is 8.03. The van der Waals surface area contributed by atoms with E-state index in [-0.39, 0.29) is 0 Å². The highest BCUT2D eigenvalue weighted by Crippen LogP contribution is 2.29. The van der Waals surface area contributed by atoms with Gasteiger partial charge in [0.25, 0.3) is 0 Å².